The van der Waals surface area contributed by atoms with Gasteiger partial charge in [-0.15, -0.1) is 0 Å². The molecule has 4 heteroatoms. The van der Waals surface area contributed by atoms with E-state index in [1.54, 1.807) is 0 Å². The van der Waals surface area contributed by atoms with E-state index in [4.69, 9.17) is 0 Å². The summed E-state index contributed by atoms with van der Waals surface area (Å²) in [6, 6.07) is 0. The Labute approximate surface area is 74.9 Å². The smallest absolute Gasteiger partial charge is 0.0817 e. The summed E-state index contributed by atoms with van der Waals surface area (Å²) >= 11 is 8.28. The van der Waals surface area contributed by atoms with E-state index in [9.17, 15) is 0 Å². The Kier molecular flexibility index (Phi) is 2.67. The summed E-state index contributed by atoms with van der Waals surface area (Å²) in [6.07, 6.45) is 0. The number of alkyl halides is 1. The van der Waals surface area contributed by atoms with Gasteiger partial charge in [0, 0.05) is 5.38 Å². The fourth-order valence-corrected chi connectivity index (χ4v) is 2.72. The molecule has 0 saturated carbocycles. The maximum Gasteiger partial charge on any atom is 0.0817 e. The van der Waals surface area contributed by atoms with Crippen LogP contribution >= 0.6 is 43.4 Å². The topological polar surface area (TPSA) is 12.9 Å². The zero-order valence-corrected chi connectivity index (χ0v) is 8.75. The summed E-state index contributed by atoms with van der Waals surface area (Å²) in [5.74, 6) is 0. The van der Waals surface area contributed by atoms with Crippen molar-refractivity contribution in [1.29, 1.82) is 0 Å². The molecule has 1 heterocycles. The van der Waals surface area contributed by atoms with Crippen molar-refractivity contribution in [2.24, 2.45) is 0 Å². The SMILES string of the molecule is CC(Br)c1nscc1Br. The van der Waals surface area contributed by atoms with Gasteiger partial charge in [-0.3, -0.25) is 0 Å². The first kappa shape index (κ1) is 7.69. The third-order valence-electron chi connectivity index (χ3n) is 0.929. The third kappa shape index (κ3) is 1.75. The molecule has 0 amide bonds. The highest BCUT2D eigenvalue weighted by Gasteiger charge is 2.07. The van der Waals surface area contributed by atoms with Crippen LogP contribution in [0, 0.1) is 0 Å². The second-order valence-corrected chi connectivity index (χ2v) is 4.52. The van der Waals surface area contributed by atoms with Crippen molar-refractivity contribution >= 4 is 43.4 Å². The minimum atomic E-state index is 0.345. The molecule has 1 unspecified atom stereocenters. The van der Waals surface area contributed by atoms with Gasteiger partial charge in [0.25, 0.3) is 0 Å². The molecule has 0 fully saturated rings. The standard InChI is InChI=1S/C5H5Br2NS/c1-3(6)5-4(7)2-9-8-5/h2-3H,1H3. The van der Waals surface area contributed by atoms with Crippen LogP contribution < -0.4 is 0 Å². The molecule has 9 heavy (non-hydrogen) atoms. The Hall–Kier alpha value is 0.590. The monoisotopic (exact) mass is 269 g/mol. The summed E-state index contributed by atoms with van der Waals surface area (Å²) in [5, 5.41) is 1.98. The lowest BCUT2D eigenvalue weighted by Gasteiger charge is -1.95. The van der Waals surface area contributed by atoms with Crippen molar-refractivity contribution < 1.29 is 0 Å². The fraction of sp³-hybridized carbons (Fsp3) is 0.400. The Morgan fingerprint density at radius 1 is 1.78 bits per heavy atom. The molecule has 0 saturated heterocycles. The maximum absolute atomic E-state index is 4.16. The molecular formula is C5H5Br2NS. The predicted octanol–water partition coefficient (Wildman–Crippen LogP) is 3.36. The van der Waals surface area contributed by atoms with Crippen LogP contribution in [0.1, 0.15) is 17.4 Å². The quantitative estimate of drug-likeness (QED) is 0.713. The Bertz CT molecular complexity index is 197. The van der Waals surface area contributed by atoms with Gasteiger partial charge in [-0.05, 0) is 34.4 Å². The van der Waals surface area contributed by atoms with Crippen LogP contribution in [0.5, 0.6) is 0 Å². The molecular weight excluding hydrogens is 266 g/mol. The van der Waals surface area contributed by atoms with E-state index in [2.05, 4.69) is 43.2 Å². The molecule has 1 aromatic rings. The zero-order valence-electron chi connectivity index (χ0n) is 4.77. The molecule has 0 N–H and O–H groups in total. The van der Waals surface area contributed by atoms with Crippen LogP contribution in [0.4, 0.5) is 0 Å². The normalized spacial score (nSPS) is 13.7. The molecule has 0 aliphatic heterocycles. The molecule has 1 nitrogen and oxygen atoms in total. The van der Waals surface area contributed by atoms with Crippen LogP contribution in [-0.2, 0) is 0 Å². The number of halogens is 2. The number of hydrogen-bond donors (Lipinski definition) is 0. The second kappa shape index (κ2) is 3.12. The molecule has 0 radical (unpaired) electrons. The van der Waals surface area contributed by atoms with Gasteiger partial charge in [-0.1, -0.05) is 15.9 Å². The first-order valence-electron chi connectivity index (χ1n) is 2.45. The Morgan fingerprint density at radius 3 is 2.67 bits per heavy atom. The highest BCUT2D eigenvalue weighted by Crippen LogP contribution is 2.28. The minimum absolute atomic E-state index is 0.345. The minimum Gasteiger partial charge on any atom is -0.195 e. The molecule has 0 aliphatic carbocycles. The van der Waals surface area contributed by atoms with E-state index in [-0.39, 0.29) is 0 Å². The summed E-state index contributed by atoms with van der Waals surface area (Å²) in [7, 11) is 0. The zero-order chi connectivity index (χ0) is 6.85. The van der Waals surface area contributed by atoms with Crippen molar-refractivity contribution in [3.63, 3.8) is 0 Å². The summed E-state index contributed by atoms with van der Waals surface area (Å²) in [5.41, 5.74) is 1.08. The molecule has 50 valence electrons. The van der Waals surface area contributed by atoms with E-state index in [0.29, 0.717) is 4.83 Å². The lowest BCUT2D eigenvalue weighted by atomic mass is 10.3. The van der Waals surface area contributed by atoms with Crippen LogP contribution in [-0.4, -0.2) is 4.37 Å². The van der Waals surface area contributed by atoms with Gasteiger partial charge >= 0.3 is 0 Å². The lowest BCUT2D eigenvalue weighted by molar-refractivity contribution is 1.06. The number of aromatic nitrogens is 1. The van der Waals surface area contributed by atoms with E-state index >= 15 is 0 Å². The fourth-order valence-electron chi connectivity index (χ4n) is 0.496. The van der Waals surface area contributed by atoms with E-state index in [1.807, 2.05) is 5.38 Å². The van der Waals surface area contributed by atoms with Crippen molar-refractivity contribution in [2.45, 2.75) is 11.8 Å². The van der Waals surface area contributed by atoms with Crippen LogP contribution in [0.3, 0.4) is 0 Å². The van der Waals surface area contributed by atoms with E-state index in [1.165, 1.54) is 11.5 Å². The first-order chi connectivity index (χ1) is 4.22. The summed E-state index contributed by atoms with van der Waals surface area (Å²) in [4.78, 5) is 0.345. The summed E-state index contributed by atoms with van der Waals surface area (Å²) < 4.78 is 5.26. The number of hydrogen-bond acceptors (Lipinski definition) is 2. The molecule has 1 rings (SSSR count). The molecule has 1 atom stereocenters. The van der Waals surface area contributed by atoms with Gasteiger partial charge < -0.3 is 0 Å². The van der Waals surface area contributed by atoms with Crippen molar-refractivity contribution in [1.82, 2.24) is 4.37 Å². The van der Waals surface area contributed by atoms with Gasteiger partial charge in [-0.25, -0.2) is 0 Å². The highest BCUT2D eigenvalue weighted by molar-refractivity contribution is 9.11. The van der Waals surface area contributed by atoms with Gasteiger partial charge in [-0.2, -0.15) is 4.37 Å². The van der Waals surface area contributed by atoms with E-state index in [0.717, 1.165) is 10.2 Å². The van der Waals surface area contributed by atoms with Gasteiger partial charge in [0.05, 0.1) is 15.0 Å². The number of rotatable bonds is 1. The van der Waals surface area contributed by atoms with Gasteiger partial charge in [0.2, 0.25) is 0 Å². The predicted molar refractivity (Wildman–Crippen MR) is 47.2 cm³/mol. The molecule has 0 aliphatic rings. The second-order valence-electron chi connectivity index (χ2n) is 1.66. The molecule has 0 aromatic carbocycles. The van der Waals surface area contributed by atoms with Gasteiger partial charge in [0.15, 0.2) is 0 Å². The molecule has 1 aromatic heterocycles. The van der Waals surface area contributed by atoms with E-state index < -0.39 is 0 Å². The van der Waals surface area contributed by atoms with Crippen LogP contribution in [0.2, 0.25) is 0 Å². The lowest BCUT2D eigenvalue weighted by Crippen LogP contribution is -1.81. The van der Waals surface area contributed by atoms with Crippen LogP contribution in [0.15, 0.2) is 9.85 Å². The number of nitrogens with zero attached hydrogens (tertiary/aromatic N) is 1. The Morgan fingerprint density at radius 2 is 2.44 bits per heavy atom. The first-order valence-corrected chi connectivity index (χ1v) is 5.00. The highest BCUT2D eigenvalue weighted by atomic mass is 79.9. The van der Waals surface area contributed by atoms with Crippen molar-refractivity contribution in [2.75, 3.05) is 0 Å². The van der Waals surface area contributed by atoms with Crippen molar-refractivity contribution in [3.8, 4) is 0 Å². The molecule has 0 bridgehead atoms. The largest absolute Gasteiger partial charge is 0.195 e. The summed E-state index contributed by atoms with van der Waals surface area (Å²) in [6.45, 7) is 2.06. The average Bonchev–Trinajstić information content (AvgIpc) is 2.13. The van der Waals surface area contributed by atoms with Gasteiger partial charge in [0.1, 0.15) is 0 Å². The molecule has 0 spiro atoms. The third-order valence-corrected chi connectivity index (χ3v) is 2.94. The average molecular weight is 271 g/mol. The Balaban J connectivity index is 2.94. The van der Waals surface area contributed by atoms with Crippen molar-refractivity contribution in [3.05, 3.63) is 15.5 Å². The maximum atomic E-state index is 4.16. The van der Waals surface area contributed by atoms with Crippen LogP contribution in [0.25, 0.3) is 0 Å².